The van der Waals surface area contributed by atoms with Gasteiger partial charge in [-0.2, -0.15) is 9.78 Å². The number of rotatable bonds is 9. The van der Waals surface area contributed by atoms with Crippen LogP contribution in [-0.2, 0) is 4.79 Å². The fourth-order valence-electron chi connectivity index (χ4n) is 4.61. The maximum atomic E-state index is 13.6. The Kier molecular flexibility index (Phi) is 8.25. The lowest BCUT2D eigenvalue weighted by atomic mass is 10.2. The lowest BCUT2D eigenvalue weighted by molar-refractivity contribution is -0.118. The Labute approximate surface area is 260 Å². The van der Waals surface area contributed by atoms with Crippen molar-refractivity contribution >= 4 is 55.6 Å². The van der Waals surface area contributed by atoms with Gasteiger partial charge in [-0.1, -0.05) is 48.0 Å². The number of halogens is 1. The number of aromatic nitrogens is 2. The molecule has 0 bridgehead atoms. The summed E-state index contributed by atoms with van der Waals surface area (Å²) in [5.74, 6) is 1.17. The van der Waals surface area contributed by atoms with E-state index in [-0.39, 0.29) is 23.9 Å². The molecule has 0 fully saturated rings. The molecule has 4 aromatic carbocycles. The van der Waals surface area contributed by atoms with E-state index in [9.17, 15) is 9.59 Å². The van der Waals surface area contributed by atoms with E-state index in [1.54, 1.807) is 30.3 Å². The smallest absolute Gasteiger partial charge is 0.282 e. The molecule has 6 rings (SSSR count). The van der Waals surface area contributed by atoms with Crippen LogP contribution < -0.4 is 20.3 Å². The molecule has 1 amide bonds. The molecule has 2 heterocycles. The summed E-state index contributed by atoms with van der Waals surface area (Å²) in [5.41, 5.74) is 3.26. The molecule has 0 aliphatic rings. The summed E-state index contributed by atoms with van der Waals surface area (Å²) in [7, 11) is 0. The van der Waals surface area contributed by atoms with Gasteiger partial charge in [0.1, 0.15) is 5.58 Å². The lowest BCUT2D eigenvalue weighted by Gasteiger charge is -2.14. The first-order valence-corrected chi connectivity index (χ1v) is 14.7. The van der Waals surface area contributed by atoms with Crippen LogP contribution >= 0.6 is 15.9 Å². The predicted octanol–water partition coefficient (Wildman–Crippen LogP) is 7.18. The third kappa shape index (κ3) is 6.11. The van der Waals surface area contributed by atoms with Crippen molar-refractivity contribution in [2.24, 2.45) is 5.10 Å². The monoisotopic (exact) mass is 650 g/mol. The van der Waals surface area contributed by atoms with Crippen molar-refractivity contribution in [2.45, 2.75) is 13.8 Å². The average molecular weight is 652 g/mol. The van der Waals surface area contributed by atoms with Crippen LogP contribution in [0.5, 0.6) is 11.5 Å². The van der Waals surface area contributed by atoms with E-state index >= 15 is 0 Å². The van der Waals surface area contributed by atoms with Gasteiger partial charge in [-0.05, 0) is 78.3 Å². The number of hydrogen-bond donors (Lipinski definition) is 1. The number of hydrogen-bond acceptors (Lipinski definition) is 7. The highest BCUT2D eigenvalue weighted by Gasteiger charge is 2.17. The number of anilines is 1. The van der Waals surface area contributed by atoms with Crippen molar-refractivity contribution in [3.05, 3.63) is 117 Å². The van der Waals surface area contributed by atoms with Crippen LogP contribution in [0.3, 0.4) is 0 Å². The van der Waals surface area contributed by atoms with Gasteiger partial charge < -0.3 is 19.2 Å². The zero-order valence-corrected chi connectivity index (χ0v) is 25.5. The third-order valence-corrected chi connectivity index (χ3v) is 7.46. The summed E-state index contributed by atoms with van der Waals surface area (Å²) in [6, 6.07) is 27.4. The molecule has 0 saturated heterocycles. The number of carbonyl (C=O) groups excluding carboxylic acids is 1. The molecule has 9 nitrogen and oxygen atoms in total. The lowest BCUT2D eigenvalue weighted by Crippen LogP contribution is -2.20. The second kappa shape index (κ2) is 12.6. The molecule has 0 aliphatic carbocycles. The molecule has 0 saturated carbocycles. The highest BCUT2D eigenvalue weighted by atomic mass is 79.9. The van der Waals surface area contributed by atoms with Gasteiger partial charge >= 0.3 is 0 Å². The van der Waals surface area contributed by atoms with Gasteiger partial charge in [-0.25, -0.2) is 4.98 Å². The molecule has 0 aliphatic heterocycles. The number of carbonyl (C=O) groups is 1. The summed E-state index contributed by atoms with van der Waals surface area (Å²) in [6.07, 6.45) is 1.53. The third-order valence-electron chi connectivity index (χ3n) is 6.77. The Balaban J connectivity index is 1.32. The second-order valence-electron chi connectivity index (χ2n) is 9.92. The minimum absolute atomic E-state index is 0.215. The summed E-state index contributed by atoms with van der Waals surface area (Å²) in [5, 5.41) is 8.68. The molecular weight excluding hydrogens is 624 g/mol. The Morgan fingerprint density at radius 2 is 1.75 bits per heavy atom. The fraction of sp³-hybridized carbons (Fsp3) is 0.118. The van der Waals surface area contributed by atoms with Crippen LogP contribution in [0.25, 0.3) is 33.5 Å². The van der Waals surface area contributed by atoms with Crippen molar-refractivity contribution in [1.29, 1.82) is 0 Å². The highest BCUT2D eigenvalue weighted by Crippen LogP contribution is 2.34. The van der Waals surface area contributed by atoms with Gasteiger partial charge in [0.05, 0.1) is 23.7 Å². The van der Waals surface area contributed by atoms with Gasteiger partial charge in [0.25, 0.3) is 11.5 Å². The first-order valence-electron chi connectivity index (χ1n) is 13.9. The van der Waals surface area contributed by atoms with Crippen molar-refractivity contribution in [3.63, 3.8) is 0 Å². The molecule has 0 spiro atoms. The molecule has 2 aromatic heterocycles. The van der Waals surface area contributed by atoms with E-state index in [2.05, 4.69) is 26.3 Å². The van der Waals surface area contributed by atoms with Crippen molar-refractivity contribution < 1.29 is 18.7 Å². The Bertz CT molecular complexity index is 2050. The summed E-state index contributed by atoms with van der Waals surface area (Å²) in [4.78, 5) is 30.9. The second-order valence-corrected chi connectivity index (χ2v) is 10.8. The van der Waals surface area contributed by atoms with Crippen LogP contribution in [0, 0.1) is 6.92 Å². The minimum atomic E-state index is -0.344. The van der Waals surface area contributed by atoms with Crippen LogP contribution in [0.15, 0.2) is 110 Å². The topological polar surface area (TPSA) is 108 Å². The number of benzene rings is 4. The van der Waals surface area contributed by atoms with Crippen LogP contribution in [0.4, 0.5) is 5.69 Å². The van der Waals surface area contributed by atoms with Crippen molar-refractivity contribution in [1.82, 2.24) is 9.66 Å². The molecular formula is C34H27BrN4O5. The summed E-state index contributed by atoms with van der Waals surface area (Å²) < 4.78 is 19.6. The highest BCUT2D eigenvalue weighted by molar-refractivity contribution is 9.10. The first-order chi connectivity index (χ1) is 21.4. The fourth-order valence-corrected chi connectivity index (χ4v) is 5.04. The standard InChI is InChI=1S/C34H27BrN4O5/c1-3-42-29-17-23(26(35)18-30(29)43-20-32(40)37-24-14-12-21(2)13-15-24)19-36-39-33(31-16-22-8-4-7-11-28(22)44-31)38-27-10-6-5-9-25(27)34(39)41/h4-19H,3,20H2,1-2H3,(H,37,40). The molecule has 44 heavy (non-hydrogen) atoms. The number of ether oxygens (including phenoxy) is 2. The van der Waals surface area contributed by atoms with E-state index in [4.69, 9.17) is 18.9 Å². The minimum Gasteiger partial charge on any atom is -0.490 e. The summed E-state index contributed by atoms with van der Waals surface area (Å²) >= 11 is 3.57. The molecule has 0 unspecified atom stereocenters. The predicted molar refractivity (Wildman–Crippen MR) is 175 cm³/mol. The van der Waals surface area contributed by atoms with Crippen LogP contribution in [-0.4, -0.2) is 35.0 Å². The Hall–Kier alpha value is -5.22. The molecule has 1 N–H and O–H groups in total. The van der Waals surface area contributed by atoms with E-state index in [1.165, 1.54) is 10.9 Å². The normalized spacial score (nSPS) is 11.3. The average Bonchev–Trinajstić information content (AvgIpc) is 3.46. The largest absolute Gasteiger partial charge is 0.490 e. The van der Waals surface area contributed by atoms with E-state index in [0.717, 1.165) is 10.9 Å². The zero-order valence-electron chi connectivity index (χ0n) is 23.9. The SMILES string of the molecule is CCOc1cc(C=Nn2c(-c3cc4ccccc4o3)nc3ccccc3c2=O)c(Br)cc1OCC(=O)Nc1ccc(C)cc1. The number of furan rings is 1. The van der Waals surface area contributed by atoms with Crippen LogP contribution in [0.2, 0.25) is 0 Å². The van der Waals surface area contributed by atoms with E-state index in [1.807, 2.05) is 74.5 Å². The molecule has 10 heteroatoms. The summed E-state index contributed by atoms with van der Waals surface area (Å²) in [6.45, 7) is 3.98. The van der Waals surface area contributed by atoms with Gasteiger partial charge in [-0.15, -0.1) is 0 Å². The first kappa shape index (κ1) is 28.9. The number of fused-ring (bicyclic) bond motifs is 2. The van der Waals surface area contributed by atoms with Gasteiger partial charge in [-0.3, -0.25) is 9.59 Å². The number of para-hydroxylation sites is 2. The molecule has 6 aromatic rings. The maximum Gasteiger partial charge on any atom is 0.282 e. The van der Waals surface area contributed by atoms with Crippen molar-refractivity contribution in [2.75, 3.05) is 18.5 Å². The van der Waals surface area contributed by atoms with Gasteiger partial charge in [0.2, 0.25) is 5.82 Å². The zero-order chi connectivity index (χ0) is 30.6. The Morgan fingerprint density at radius 1 is 1.00 bits per heavy atom. The van der Waals surface area contributed by atoms with E-state index < -0.39 is 0 Å². The maximum absolute atomic E-state index is 13.6. The van der Waals surface area contributed by atoms with E-state index in [0.29, 0.717) is 56.1 Å². The van der Waals surface area contributed by atoms with Crippen LogP contribution in [0.1, 0.15) is 18.1 Å². The van der Waals surface area contributed by atoms with Gasteiger partial charge in [0.15, 0.2) is 23.9 Å². The Morgan fingerprint density at radius 3 is 2.55 bits per heavy atom. The van der Waals surface area contributed by atoms with Crippen molar-refractivity contribution in [3.8, 4) is 23.1 Å². The van der Waals surface area contributed by atoms with Gasteiger partial charge in [0, 0.05) is 21.1 Å². The number of aryl methyl sites for hydroxylation is 1. The molecule has 0 radical (unpaired) electrons. The quantitative estimate of drug-likeness (QED) is 0.166. The molecule has 220 valence electrons. The number of amides is 1. The number of nitrogens with zero attached hydrogens (tertiary/aromatic N) is 3. The number of nitrogens with one attached hydrogen (secondary N) is 1. The molecule has 0 atom stereocenters.